The second-order valence-electron chi connectivity index (χ2n) is 9.51. The third-order valence-electron chi connectivity index (χ3n) is 7.21. The van der Waals surface area contributed by atoms with Crippen LogP contribution in [0.5, 0.6) is 0 Å². The molecule has 2 saturated heterocycles. The maximum atomic E-state index is 14.3. The zero-order valence-corrected chi connectivity index (χ0v) is 20.0. The molecule has 2 unspecified atom stereocenters. The van der Waals surface area contributed by atoms with Crippen LogP contribution in [-0.2, 0) is 4.74 Å². The third kappa shape index (κ3) is 4.06. The molecular weight excluding hydrogens is 460 g/mol. The minimum absolute atomic E-state index is 0.0325. The molecule has 4 aromatic rings. The van der Waals surface area contributed by atoms with Gasteiger partial charge in [-0.3, -0.25) is 9.97 Å². The molecule has 4 heterocycles. The molecule has 0 saturated carbocycles. The number of halogens is 2. The number of hydrogen-bond acceptors (Lipinski definition) is 6. The van der Waals surface area contributed by atoms with E-state index in [9.17, 15) is 8.78 Å². The van der Waals surface area contributed by atoms with Gasteiger partial charge in [-0.1, -0.05) is 6.07 Å². The molecule has 2 aliphatic heterocycles. The van der Waals surface area contributed by atoms with Gasteiger partial charge >= 0.3 is 0 Å². The summed E-state index contributed by atoms with van der Waals surface area (Å²) < 4.78 is 34.6. The Morgan fingerprint density at radius 3 is 2.72 bits per heavy atom. The molecule has 2 fully saturated rings. The predicted molar refractivity (Wildman–Crippen MR) is 138 cm³/mol. The molecule has 0 amide bonds. The molecule has 0 aliphatic carbocycles. The van der Waals surface area contributed by atoms with E-state index in [2.05, 4.69) is 20.2 Å². The Bertz CT molecular complexity index is 1440. The van der Waals surface area contributed by atoms with Crippen molar-refractivity contribution in [2.75, 3.05) is 36.9 Å². The minimum Gasteiger partial charge on any atom is -0.397 e. The Kier molecular flexibility index (Phi) is 5.78. The summed E-state index contributed by atoms with van der Waals surface area (Å²) in [6.45, 7) is 4.90. The van der Waals surface area contributed by atoms with Crippen LogP contribution < -0.4 is 16.0 Å². The summed E-state index contributed by atoms with van der Waals surface area (Å²) >= 11 is 0. The monoisotopic (exact) mass is 487 g/mol. The molecule has 2 aliphatic rings. The van der Waals surface area contributed by atoms with Crippen LogP contribution in [0.25, 0.3) is 33.3 Å². The quantitative estimate of drug-likeness (QED) is 0.436. The second kappa shape index (κ2) is 9.11. The van der Waals surface area contributed by atoms with Crippen LogP contribution in [0.2, 0.25) is 0 Å². The largest absolute Gasteiger partial charge is 0.397 e. The Morgan fingerprint density at radius 1 is 1.06 bits per heavy atom. The lowest BCUT2D eigenvalue weighted by atomic mass is 9.95. The van der Waals surface area contributed by atoms with Gasteiger partial charge in [0.2, 0.25) is 0 Å². The van der Waals surface area contributed by atoms with Crippen molar-refractivity contribution in [3.05, 3.63) is 72.1 Å². The molecule has 184 valence electrons. The summed E-state index contributed by atoms with van der Waals surface area (Å²) in [5.41, 5.74) is 12.3. The average Bonchev–Trinajstić information content (AvgIpc) is 2.88. The van der Waals surface area contributed by atoms with Gasteiger partial charge in [0.15, 0.2) is 0 Å². The van der Waals surface area contributed by atoms with Gasteiger partial charge in [0.05, 0.1) is 35.3 Å². The smallest absolute Gasteiger partial charge is 0.126 e. The molecular formula is C28H27F2N5O. The van der Waals surface area contributed by atoms with E-state index < -0.39 is 11.6 Å². The maximum absolute atomic E-state index is 14.3. The fraction of sp³-hybridized carbons (Fsp3) is 0.286. The summed E-state index contributed by atoms with van der Waals surface area (Å²) in [7, 11) is 0. The lowest BCUT2D eigenvalue weighted by Gasteiger charge is -2.43. The first-order valence-electron chi connectivity index (χ1n) is 12.2. The van der Waals surface area contributed by atoms with Crippen molar-refractivity contribution in [3.63, 3.8) is 0 Å². The number of ether oxygens (including phenoxy) is 1. The zero-order valence-electron chi connectivity index (χ0n) is 20.0. The molecule has 6 rings (SSSR count). The fourth-order valence-corrected chi connectivity index (χ4v) is 5.36. The molecule has 2 atom stereocenters. The molecule has 0 bridgehead atoms. The van der Waals surface area contributed by atoms with Crippen molar-refractivity contribution < 1.29 is 13.5 Å². The van der Waals surface area contributed by atoms with Gasteiger partial charge in [0, 0.05) is 60.6 Å². The number of piperidine rings is 1. The van der Waals surface area contributed by atoms with E-state index in [1.807, 2.05) is 31.2 Å². The van der Waals surface area contributed by atoms with Crippen LogP contribution in [0, 0.1) is 18.6 Å². The molecule has 2 aromatic carbocycles. The summed E-state index contributed by atoms with van der Waals surface area (Å²) in [5, 5.41) is 4.42. The highest BCUT2D eigenvalue weighted by atomic mass is 19.1. The maximum Gasteiger partial charge on any atom is 0.126 e. The number of nitrogens with zero attached hydrogens (tertiary/aromatic N) is 3. The molecule has 36 heavy (non-hydrogen) atoms. The van der Waals surface area contributed by atoms with Crippen LogP contribution in [0.1, 0.15) is 12.0 Å². The van der Waals surface area contributed by atoms with E-state index in [0.717, 1.165) is 53.3 Å². The third-order valence-corrected chi connectivity index (χ3v) is 7.21. The molecule has 8 heteroatoms. The number of nitrogen functional groups attached to an aromatic ring is 1. The normalized spacial score (nSPS) is 19.9. The zero-order chi connectivity index (χ0) is 24.8. The first-order chi connectivity index (χ1) is 17.5. The first-order valence-corrected chi connectivity index (χ1v) is 12.2. The van der Waals surface area contributed by atoms with Crippen molar-refractivity contribution in [2.45, 2.75) is 25.5 Å². The Labute approximate surface area is 208 Å². The average molecular weight is 488 g/mol. The standard InChI is InChI=1S/C28H27F2N5O/c1-16-4-6-33-27(26(16)31)17-2-3-23-21(12-17)28(35-8-5-24-25(15-35)36-9-7-32-24)22(14-34-23)18-10-19(29)13-20(30)11-18/h2-4,6,10-14,24-25,32H,5,7-9,15,31H2,1H3. The number of fused-ring (bicyclic) bond motifs is 2. The van der Waals surface area contributed by atoms with Crippen LogP contribution in [-0.4, -0.2) is 48.4 Å². The molecule has 2 aromatic heterocycles. The predicted octanol–water partition coefficient (Wildman–Crippen LogP) is 4.70. The van der Waals surface area contributed by atoms with Gasteiger partial charge in [-0.05, 0) is 54.8 Å². The highest BCUT2D eigenvalue weighted by Crippen LogP contribution is 2.40. The number of nitrogens with one attached hydrogen (secondary N) is 1. The van der Waals surface area contributed by atoms with Gasteiger partial charge in [0.25, 0.3) is 0 Å². The Morgan fingerprint density at radius 2 is 1.89 bits per heavy atom. The second-order valence-corrected chi connectivity index (χ2v) is 9.51. The van der Waals surface area contributed by atoms with Crippen LogP contribution in [0.4, 0.5) is 20.2 Å². The number of pyridine rings is 2. The summed E-state index contributed by atoms with van der Waals surface area (Å²) in [6.07, 6.45) is 4.38. The molecule has 0 spiro atoms. The van der Waals surface area contributed by atoms with Crippen molar-refractivity contribution in [1.29, 1.82) is 0 Å². The van der Waals surface area contributed by atoms with Crippen molar-refractivity contribution in [3.8, 4) is 22.4 Å². The highest BCUT2D eigenvalue weighted by molar-refractivity contribution is 6.02. The highest BCUT2D eigenvalue weighted by Gasteiger charge is 2.33. The topological polar surface area (TPSA) is 76.3 Å². The SMILES string of the molecule is Cc1ccnc(-c2ccc3ncc(-c4cc(F)cc(F)c4)c(N4CCC5NCCOC5C4)c3c2)c1N. The van der Waals surface area contributed by atoms with E-state index in [1.54, 1.807) is 12.4 Å². The number of anilines is 2. The summed E-state index contributed by atoms with van der Waals surface area (Å²) in [6, 6.07) is 11.7. The lowest BCUT2D eigenvalue weighted by molar-refractivity contribution is -0.00896. The Balaban J connectivity index is 1.56. The van der Waals surface area contributed by atoms with E-state index in [4.69, 9.17) is 10.5 Å². The number of aryl methyl sites for hydroxylation is 1. The molecule has 3 N–H and O–H groups in total. The fourth-order valence-electron chi connectivity index (χ4n) is 5.36. The van der Waals surface area contributed by atoms with Crippen LogP contribution in [0.3, 0.4) is 0 Å². The molecule has 6 nitrogen and oxygen atoms in total. The Hall–Kier alpha value is -3.62. The number of morpholine rings is 1. The van der Waals surface area contributed by atoms with Crippen LogP contribution >= 0.6 is 0 Å². The van der Waals surface area contributed by atoms with Gasteiger partial charge in [-0.25, -0.2) is 8.78 Å². The van der Waals surface area contributed by atoms with E-state index in [0.29, 0.717) is 41.7 Å². The van der Waals surface area contributed by atoms with Crippen molar-refractivity contribution in [2.24, 2.45) is 0 Å². The van der Waals surface area contributed by atoms with E-state index in [1.165, 1.54) is 12.1 Å². The summed E-state index contributed by atoms with van der Waals surface area (Å²) in [5.74, 6) is -1.25. The number of nitrogens with two attached hydrogens (primary N) is 1. The summed E-state index contributed by atoms with van der Waals surface area (Å²) in [4.78, 5) is 11.4. The van der Waals surface area contributed by atoms with E-state index in [-0.39, 0.29) is 6.10 Å². The minimum atomic E-state index is -0.625. The van der Waals surface area contributed by atoms with Gasteiger partial charge < -0.3 is 20.7 Å². The number of benzene rings is 2. The van der Waals surface area contributed by atoms with Crippen molar-refractivity contribution >= 4 is 22.3 Å². The van der Waals surface area contributed by atoms with Gasteiger partial charge in [-0.2, -0.15) is 0 Å². The molecule has 0 radical (unpaired) electrons. The van der Waals surface area contributed by atoms with Gasteiger partial charge in [-0.15, -0.1) is 0 Å². The first kappa shape index (κ1) is 22.8. The van der Waals surface area contributed by atoms with E-state index >= 15 is 0 Å². The van der Waals surface area contributed by atoms with Gasteiger partial charge in [0.1, 0.15) is 11.6 Å². The number of hydrogen-bond donors (Lipinski definition) is 2. The lowest BCUT2D eigenvalue weighted by Crippen LogP contribution is -2.57. The van der Waals surface area contributed by atoms with Crippen LogP contribution in [0.15, 0.2) is 54.9 Å². The number of rotatable bonds is 3. The number of aromatic nitrogens is 2. The van der Waals surface area contributed by atoms with Crippen molar-refractivity contribution in [1.82, 2.24) is 15.3 Å².